The second-order valence-corrected chi connectivity index (χ2v) is 9.86. The summed E-state index contributed by atoms with van der Waals surface area (Å²) < 4.78 is 0. The van der Waals surface area contributed by atoms with Gasteiger partial charge in [-0.1, -0.05) is 74.4 Å². The number of hydrogen-bond acceptors (Lipinski definition) is 0. The molecule has 0 spiro atoms. The summed E-state index contributed by atoms with van der Waals surface area (Å²) in [7, 11) is -1.58. The maximum atomic E-state index is 2.33. The summed E-state index contributed by atoms with van der Waals surface area (Å²) in [6.07, 6.45) is 5.09. The molecule has 0 radical (unpaired) electrons. The van der Waals surface area contributed by atoms with Crippen molar-refractivity contribution in [3.8, 4) is 0 Å². The van der Waals surface area contributed by atoms with E-state index in [-0.39, 0.29) is 4.70 Å². The minimum Gasteiger partial charge on any atom is -1.00 e. The number of hydrogen-bond donors (Lipinski definition) is 0. The van der Waals surface area contributed by atoms with Gasteiger partial charge in [-0.25, -0.2) is 0 Å². The molecule has 0 aliphatic rings. The summed E-state index contributed by atoms with van der Waals surface area (Å²) >= 11 is 0. The van der Waals surface area contributed by atoms with E-state index in [4.69, 9.17) is 0 Å². The zero-order valence-electron chi connectivity index (χ0n) is 14.8. The average molecular weight is 352 g/mol. The number of rotatable bonds is 7. The summed E-state index contributed by atoms with van der Waals surface area (Å²) in [6.45, 7) is 2.29. The van der Waals surface area contributed by atoms with Crippen molar-refractivity contribution in [2.45, 2.75) is 26.2 Å². The van der Waals surface area contributed by atoms with Crippen molar-refractivity contribution in [2.75, 3.05) is 6.16 Å². The molecule has 0 fully saturated rings. The smallest absolute Gasteiger partial charge is 0.112 e. The van der Waals surface area contributed by atoms with Crippen LogP contribution in [0.1, 0.15) is 26.2 Å². The van der Waals surface area contributed by atoms with Crippen LogP contribution in [0.15, 0.2) is 91.0 Å². The van der Waals surface area contributed by atoms with Crippen LogP contribution in [0, 0.1) is 0 Å². The Hall–Kier alpha value is -1.98. The molecule has 0 heterocycles. The molecule has 2 heteroatoms. The summed E-state index contributed by atoms with van der Waals surface area (Å²) in [5, 5.41) is 4.50. The maximum Gasteiger partial charge on any atom is 0.112 e. The lowest BCUT2D eigenvalue weighted by Gasteiger charge is -2.27. The van der Waals surface area contributed by atoms with E-state index in [2.05, 4.69) is 97.9 Å². The zero-order chi connectivity index (χ0) is 16.7. The molecule has 0 aliphatic heterocycles. The summed E-state index contributed by atoms with van der Waals surface area (Å²) in [6, 6.07) is 33.5. The second-order valence-electron chi connectivity index (χ2n) is 6.25. The predicted molar refractivity (Wildman–Crippen MR) is 110 cm³/mol. The third-order valence-corrected chi connectivity index (χ3v) is 9.21. The molecule has 0 aromatic heterocycles. The first-order chi connectivity index (χ1) is 11.9. The highest BCUT2D eigenvalue weighted by Gasteiger charge is 2.44. The van der Waals surface area contributed by atoms with Gasteiger partial charge >= 0.3 is 0 Å². The van der Waals surface area contributed by atoms with E-state index in [1.165, 1.54) is 41.3 Å². The molecule has 0 atom stereocenters. The molecule has 3 rings (SSSR count). The molecular formula is C23H26FP. The van der Waals surface area contributed by atoms with Crippen molar-refractivity contribution >= 4 is 23.2 Å². The molecule has 0 N–H and O–H groups in total. The molecule has 0 nitrogen and oxygen atoms in total. The minimum absolute atomic E-state index is 0. The van der Waals surface area contributed by atoms with Crippen LogP contribution in [0.2, 0.25) is 0 Å². The van der Waals surface area contributed by atoms with Gasteiger partial charge in [-0.15, -0.1) is 0 Å². The van der Waals surface area contributed by atoms with Crippen molar-refractivity contribution < 1.29 is 4.70 Å². The largest absolute Gasteiger partial charge is 1.00 e. The lowest BCUT2D eigenvalue weighted by atomic mass is 10.3. The van der Waals surface area contributed by atoms with Crippen molar-refractivity contribution in [2.24, 2.45) is 0 Å². The molecule has 0 aliphatic carbocycles. The standard InChI is InChI=1S/C23H26P.FH/c1-2-3-13-20-24(21-14-7-4-8-15-21,22-16-9-5-10-17-22)23-18-11-6-12-19-23;/h4-12,14-19H,2-3,13,20H2,1H3;1H/q+1;/p-1. The van der Waals surface area contributed by atoms with Crippen LogP contribution in [-0.4, -0.2) is 6.16 Å². The Balaban J connectivity index is 0.00000225. The fraction of sp³-hybridized carbons (Fsp3) is 0.217. The van der Waals surface area contributed by atoms with Crippen molar-refractivity contribution in [1.82, 2.24) is 0 Å². The van der Waals surface area contributed by atoms with Gasteiger partial charge in [-0.2, -0.15) is 0 Å². The fourth-order valence-corrected chi connectivity index (χ4v) is 7.89. The quantitative estimate of drug-likeness (QED) is 0.452. The Kier molecular flexibility index (Phi) is 7.34. The molecule has 0 amide bonds. The van der Waals surface area contributed by atoms with Gasteiger partial charge in [0.05, 0.1) is 6.16 Å². The van der Waals surface area contributed by atoms with Gasteiger partial charge in [-0.3, -0.25) is 0 Å². The van der Waals surface area contributed by atoms with Gasteiger partial charge in [0.15, 0.2) is 0 Å². The Labute approximate surface area is 151 Å². The van der Waals surface area contributed by atoms with Gasteiger partial charge in [0.25, 0.3) is 0 Å². The van der Waals surface area contributed by atoms with Crippen LogP contribution in [0.3, 0.4) is 0 Å². The Morgan fingerprint density at radius 1 is 0.560 bits per heavy atom. The van der Waals surface area contributed by atoms with Gasteiger partial charge in [0, 0.05) is 0 Å². The van der Waals surface area contributed by atoms with E-state index in [9.17, 15) is 0 Å². The van der Waals surface area contributed by atoms with Gasteiger partial charge in [0.2, 0.25) is 0 Å². The van der Waals surface area contributed by atoms with Crippen molar-refractivity contribution in [3.63, 3.8) is 0 Å². The lowest BCUT2D eigenvalue weighted by Crippen LogP contribution is -3.00. The topological polar surface area (TPSA) is 0 Å². The van der Waals surface area contributed by atoms with Crippen LogP contribution in [0.5, 0.6) is 0 Å². The summed E-state index contributed by atoms with van der Waals surface area (Å²) in [4.78, 5) is 0. The van der Waals surface area contributed by atoms with Gasteiger partial charge in [0.1, 0.15) is 23.2 Å². The normalized spacial score (nSPS) is 10.9. The highest BCUT2D eigenvalue weighted by Crippen LogP contribution is 2.55. The van der Waals surface area contributed by atoms with Crippen LogP contribution in [0.4, 0.5) is 0 Å². The van der Waals surface area contributed by atoms with Crippen molar-refractivity contribution in [3.05, 3.63) is 91.0 Å². The second kappa shape index (κ2) is 9.49. The fourth-order valence-electron chi connectivity index (χ4n) is 3.48. The number of halogens is 1. The molecule has 130 valence electrons. The Morgan fingerprint density at radius 3 is 1.24 bits per heavy atom. The number of unbranched alkanes of at least 4 members (excludes halogenated alkanes) is 2. The van der Waals surface area contributed by atoms with Crippen LogP contribution in [0.25, 0.3) is 0 Å². The minimum atomic E-state index is -1.58. The van der Waals surface area contributed by atoms with Gasteiger partial charge < -0.3 is 4.70 Å². The Bertz CT molecular complexity index is 629. The van der Waals surface area contributed by atoms with E-state index in [1.54, 1.807) is 0 Å². The van der Waals surface area contributed by atoms with Gasteiger partial charge in [-0.05, 0) is 42.8 Å². The summed E-state index contributed by atoms with van der Waals surface area (Å²) in [5.41, 5.74) is 0. The highest BCUT2D eigenvalue weighted by molar-refractivity contribution is 7.95. The molecular weight excluding hydrogens is 326 g/mol. The molecule has 25 heavy (non-hydrogen) atoms. The third kappa shape index (κ3) is 4.17. The monoisotopic (exact) mass is 352 g/mol. The molecule has 0 unspecified atom stereocenters. The van der Waals surface area contributed by atoms with Crippen molar-refractivity contribution in [1.29, 1.82) is 0 Å². The molecule has 3 aromatic rings. The SMILES string of the molecule is CCCCC[P+](c1ccccc1)(c1ccccc1)c1ccccc1.[F-]. The Morgan fingerprint density at radius 2 is 0.920 bits per heavy atom. The zero-order valence-corrected chi connectivity index (χ0v) is 15.7. The maximum absolute atomic E-state index is 2.33. The lowest BCUT2D eigenvalue weighted by molar-refractivity contribution is -0.00000477. The van der Waals surface area contributed by atoms with Crippen LogP contribution >= 0.6 is 7.26 Å². The average Bonchev–Trinajstić information content (AvgIpc) is 2.68. The molecule has 0 bridgehead atoms. The third-order valence-electron chi connectivity index (χ3n) is 4.69. The van der Waals surface area contributed by atoms with E-state index in [0.29, 0.717) is 0 Å². The van der Waals surface area contributed by atoms with E-state index in [0.717, 1.165) is 0 Å². The van der Waals surface area contributed by atoms with Crippen LogP contribution in [-0.2, 0) is 0 Å². The first-order valence-electron chi connectivity index (χ1n) is 8.93. The van der Waals surface area contributed by atoms with E-state index < -0.39 is 7.26 Å². The van der Waals surface area contributed by atoms with Crippen LogP contribution < -0.4 is 20.6 Å². The first-order valence-corrected chi connectivity index (χ1v) is 10.9. The molecule has 0 saturated heterocycles. The molecule has 0 saturated carbocycles. The number of benzene rings is 3. The molecule has 3 aromatic carbocycles. The van der Waals surface area contributed by atoms with E-state index >= 15 is 0 Å². The predicted octanol–water partition coefficient (Wildman–Crippen LogP) is 2.17. The summed E-state index contributed by atoms with van der Waals surface area (Å²) in [5.74, 6) is 0. The first kappa shape index (κ1) is 19.3. The highest BCUT2D eigenvalue weighted by atomic mass is 31.2. The van der Waals surface area contributed by atoms with E-state index in [1.807, 2.05) is 0 Å².